The lowest BCUT2D eigenvalue weighted by molar-refractivity contribution is -0.521. The van der Waals surface area contributed by atoms with E-state index in [-0.39, 0.29) is 10.8 Å². The summed E-state index contributed by atoms with van der Waals surface area (Å²) < 4.78 is 11.2. The first-order valence-electron chi connectivity index (χ1n) is 8.50. The average Bonchev–Trinajstić information content (AvgIpc) is 3.06. The van der Waals surface area contributed by atoms with Crippen LogP contribution in [0.25, 0.3) is 0 Å². The molecule has 2 aliphatic heterocycles. The summed E-state index contributed by atoms with van der Waals surface area (Å²) in [6.07, 6.45) is 0. The SMILES string of the molecule is O=[N+]([O-])C1CN(Cc2ccccc2)CC1c1ccc2c(c1)OCCO2. The van der Waals surface area contributed by atoms with Crippen LogP contribution in [0.4, 0.5) is 0 Å². The van der Waals surface area contributed by atoms with Gasteiger partial charge in [-0.3, -0.25) is 15.0 Å². The topological polar surface area (TPSA) is 64.8 Å². The molecule has 4 rings (SSSR count). The Balaban J connectivity index is 1.56. The first kappa shape index (κ1) is 15.9. The van der Waals surface area contributed by atoms with Crippen molar-refractivity contribution in [2.24, 2.45) is 0 Å². The first-order valence-corrected chi connectivity index (χ1v) is 8.50. The minimum absolute atomic E-state index is 0.144. The molecule has 2 heterocycles. The zero-order valence-electron chi connectivity index (χ0n) is 13.8. The van der Waals surface area contributed by atoms with Crippen molar-refractivity contribution in [2.75, 3.05) is 26.3 Å². The predicted molar refractivity (Wildman–Crippen MR) is 92.7 cm³/mol. The normalized spacial score (nSPS) is 22.7. The Morgan fingerprint density at radius 2 is 1.80 bits per heavy atom. The van der Waals surface area contributed by atoms with Crippen molar-refractivity contribution in [1.82, 2.24) is 4.90 Å². The third-order valence-corrected chi connectivity index (χ3v) is 4.88. The van der Waals surface area contributed by atoms with Crippen LogP contribution < -0.4 is 9.47 Å². The molecular formula is C19H20N2O4. The van der Waals surface area contributed by atoms with Crippen LogP contribution in [-0.4, -0.2) is 42.2 Å². The lowest BCUT2D eigenvalue weighted by Gasteiger charge is -2.21. The number of benzene rings is 2. The van der Waals surface area contributed by atoms with Gasteiger partial charge >= 0.3 is 0 Å². The van der Waals surface area contributed by atoms with E-state index in [1.807, 2.05) is 36.4 Å². The Morgan fingerprint density at radius 3 is 2.56 bits per heavy atom. The molecule has 2 atom stereocenters. The third-order valence-electron chi connectivity index (χ3n) is 4.88. The maximum atomic E-state index is 11.6. The van der Waals surface area contributed by atoms with E-state index in [0.29, 0.717) is 37.8 Å². The molecule has 1 fully saturated rings. The maximum Gasteiger partial charge on any atom is 0.233 e. The van der Waals surface area contributed by atoms with E-state index in [0.717, 1.165) is 12.1 Å². The second kappa shape index (κ2) is 6.72. The van der Waals surface area contributed by atoms with Crippen LogP contribution in [0.15, 0.2) is 48.5 Å². The highest BCUT2D eigenvalue weighted by atomic mass is 16.6. The molecule has 6 heteroatoms. The second-order valence-electron chi connectivity index (χ2n) is 6.54. The van der Waals surface area contributed by atoms with E-state index in [1.165, 1.54) is 5.56 Å². The fourth-order valence-corrected chi connectivity index (χ4v) is 3.67. The standard InChI is InChI=1S/C19H20N2O4/c22-21(23)17-13-20(11-14-4-2-1-3-5-14)12-16(17)15-6-7-18-19(10-15)25-9-8-24-18/h1-7,10,16-17H,8-9,11-13H2. The number of rotatable bonds is 4. The molecule has 25 heavy (non-hydrogen) atoms. The highest BCUT2D eigenvalue weighted by Gasteiger charge is 2.42. The van der Waals surface area contributed by atoms with Gasteiger partial charge in [-0.15, -0.1) is 0 Å². The van der Waals surface area contributed by atoms with Crippen molar-refractivity contribution >= 4 is 0 Å². The second-order valence-corrected chi connectivity index (χ2v) is 6.54. The highest BCUT2D eigenvalue weighted by molar-refractivity contribution is 5.45. The molecule has 2 aliphatic rings. The van der Waals surface area contributed by atoms with Gasteiger partial charge in [-0.2, -0.15) is 0 Å². The number of hydrogen-bond acceptors (Lipinski definition) is 5. The summed E-state index contributed by atoms with van der Waals surface area (Å²) in [5, 5.41) is 11.6. The van der Waals surface area contributed by atoms with Crippen LogP contribution >= 0.6 is 0 Å². The van der Waals surface area contributed by atoms with Crippen molar-refractivity contribution < 1.29 is 14.4 Å². The highest BCUT2D eigenvalue weighted by Crippen LogP contribution is 2.37. The summed E-state index contributed by atoms with van der Waals surface area (Å²) in [7, 11) is 0. The molecule has 0 aliphatic carbocycles. The van der Waals surface area contributed by atoms with Gasteiger partial charge in [-0.05, 0) is 23.3 Å². The molecule has 0 radical (unpaired) electrons. The summed E-state index contributed by atoms with van der Waals surface area (Å²) in [6, 6.07) is 15.2. The number of fused-ring (bicyclic) bond motifs is 1. The molecule has 2 aromatic rings. The van der Waals surface area contributed by atoms with Crippen LogP contribution in [0, 0.1) is 10.1 Å². The molecule has 1 saturated heterocycles. The van der Waals surface area contributed by atoms with Crippen LogP contribution in [0.2, 0.25) is 0 Å². The van der Waals surface area contributed by atoms with Crippen molar-refractivity contribution in [2.45, 2.75) is 18.5 Å². The van der Waals surface area contributed by atoms with E-state index in [9.17, 15) is 10.1 Å². The number of likely N-dealkylation sites (tertiary alicyclic amines) is 1. The van der Waals surface area contributed by atoms with Gasteiger partial charge in [0.15, 0.2) is 11.5 Å². The minimum Gasteiger partial charge on any atom is -0.486 e. The predicted octanol–water partition coefficient (Wildman–Crippen LogP) is 2.70. The van der Waals surface area contributed by atoms with Gasteiger partial charge in [-0.1, -0.05) is 36.4 Å². The zero-order valence-corrected chi connectivity index (χ0v) is 13.8. The van der Waals surface area contributed by atoms with E-state index in [4.69, 9.17) is 9.47 Å². The van der Waals surface area contributed by atoms with Crippen LogP contribution in [0.3, 0.4) is 0 Å². The quantitative estimate of drug-likeness (QED) is 0.632. The third kappa shape index (κ3) is 3.30. The largest absolute Gasteiger partial charge is 0.486 e. The van der Waals surface area contributed by atoms with Gasteiger partial charge in [-0.25, -0.2) is 0 Å². The molecule has 0 saturated carbocycles. The van der Waals surface area contributed by atoms with Gasteiger partial charge in [0, 0.05) is 18.0 Å². The van der Waals surface area contributed by atoms with Gasteiger partial charge in [0.25, 0.3) is 0 Å². The Bertz CT molecular complexity index is 765. The number of ether oxygens (including phenoxy) is 2. The van der Waals surface area contributed by atoms with Crippen LogP contribution in [0.1, 0.15) is 17.0 Å². The molecule has 6 nitrogen and oxygen atoms in total. The molecule has 2 unspecified atom stereocenters. The Labute approximate surface area is 146 Å². The van der Waals surface area contributed by atoms with Crippen LogP contribution in [-0.2, 0) is 6.54 Å². The molecule has 0 aromatic heterocycles. The smallest absolute Gasteiger partial charge is 0.233 e. The molecule has 0 bridgehead atoms. The number of nitro groups is 1. The Hall–Kier alpha value is -2.60. The average molecular weight is 340 g/mol. The number of nitrogens with zero attached hydrogens (tertiary/aromatic N) is 2. The van der Waals surface area contributed by atoms with Crippen molar-refractivity contribution in [3.05, 3.63) is 69.8 Å². The van der Waals surface area contributed by atoms with Crippen molar-refractivity contribution in [3.8, 4) is 11.5 Å². The molecule has 0 amide bonds. The zero-order chi connectivity index (χ0) is 17.2. The van der Waals surface area contributed by atoms with Crippen LogP contribution in [0.5, 0.6) is 11.5 Å². The lowest BCUT2D eigenvalue weighted by atomic mass is 9.94. The van der Waals surface area contributed by atoms with Gasteiger partial charge in [0.05, 0.1) is 12.5 Å². The summed E-state index contributed by atoms with van der Waals surface area (Å²) in [4.78, 5) is 13.6. The Morgan fingerprint density at radius 1 is 1.04 bits per heavy atom. The fourth-order valence-electron chi connectivity index (χ4n) is 3.67. The molecule has 130 valence electrons. The van der Waals surface area contributed by atoms with E-state index >= 15 is 0 Å². The van der Waals surface area contributed by atoms with Gasteiger partial charge < -0.3 is 9.47 Å². The molecule has 0 N–H and O–H groups in total. The molecule has 2 aromatic carbocycles. The maximum absolute atomic E-state index is 11.6. The number of hydrogen-bond donors (Lipinski definition) is 0. The van der Waals surface area contributed by atoms with Crippen molar-refractivity contribution in [1.29, 1.82) is 0 Å². The van der Waals surface area contributed by atoms with Gasteiger partial charge in [0.2, 0.25) is 6.04 Å². The van der Waals surface area contributed by atoms with E-state index < -0.39 is 6.04 Å². The van der Waals surface area contributed by atoms with Crippen molar-refractivity contribution in [3.63, 3.8) is 0 Å². The van der Waals surface area contributed by atoms with E-state index in [2.05, 4.69) is 17.0 Å². The summed E-state index contributed by atoms with van der Waals surface area (Å²) in [5.74, 6) is 1.26. The summed E-state index contributed by atoms with van der Waals surface area (Å²) in [5.41, 5.74) is 2.12. The van der Waals surface area contributed by atoms with E-state index in [1.54, 1.807) is 0 Å². The lowest BCUT2D eigenvalue weighted by Crippen LogP contribution is -2.28. The first-order chi connectivity index (χ1) is 12.2. The summed E-state index contributed by atoms with van der Waals surface area (Å²) >= 11 is 0. The van der Waals surface area contributed by atoms with Gasteiger partial charge in [0.1, 0.15) is 13.2 Å². The Kier molecular flexibility index (Phi) is 4.28. The molecule has 0 spiro atoms. The minimum atomic E-state index is -0.605. The molecular weight excluding hydrogens is 320 g/mol. The monoisotopic (exact) mass is 340 g/mol. The summed E-state index contributed by atoms with van der Waals surface area (Å²) in [6.45, 7) is 2.91. The fraction of sp³-hybridized carbons (Fsp3) is 0.368.